The van der Waals surface area contributed by atoms with Crippen molar-refractivity contribution >= 4 is 11.0 Å². The minimum Gasteiger partial charge on any atom is -0.406 e. The number of hydrogen-bond acceptors (Lipinski definition) is 4. The van der Waals surface area contributed by atoms with E-state index in [0.717, 1.165) is 52.0 Å². The summed E-state index contributed by atoms with van der Waals surface area (Å²) in [6.07, 6.45) is -1.24. The molecular weight excluding hydrogens is 375 g/mol. The molecule has 154 valence electrons. The Hall–Kier alpha value is -2.00. The highest BCUT2D eigenvalue weighted by molar-refractivity contribution is 5.77. The third-order valence-corrected chi connectivity index (χ3v) is 6.09. The zero-order valence-electron chi connectivity index (χ0n) is 15.7. The van der Waals surface area contributed by atoms with Crippen LogP contribution in [0.4, 0.5) is 13.2 Å². The summed E-state index contributed by atoms with van der Waals surface area (Å²) in [5, 5.41) is 0. The van der Waals surface area contributed by atoms with E-state index < -0.39 is 6.36 Å². The van der Waals surface area contributed by atoms with Crippen molar-refractivity contribution in [1.82, 2.24) is 14.5 Å². The molecule has 1 N–H and O–H groups in total. The molecule has 0 radical (unpaired) electrons. The Labute approximate surface area is 160 Å². The van der Waals surface area contributed by atoms with Gasteiger partial charge < -0.3 is 14.5 Å². The Bertz CT molecular complexity index is 891. The number of piperidine rings is 1. The molecule has 0 unspecified atom stereocenters. The largest absolute Gasteiger partial charge is 0.573 e. The van der Waals surface area contributed by atoms with E-state index in [1.165, 1.54) is 18.2 Å². The number of imidazole rings is 1. The highest BCUT2D eigenvalue weighted by atomic mass is 19.4. The maximum atomic E-state index is 12.5. The van der Waals surface area contributed by atoms with Crippen LogP contribution in [0, 0.1) is 0 Å². The van der Waals surface area contributed by atoms with E-state index in [9.17, 15) is 18.0 Å². The van der Waals surface area contributed by atoms with Crippen LogP contribution in [0.5, 0.6) is 5.75 Å². The monoisotopic (exact) mass is 399 g/mol. The van der Waals surface area contributed by atoms with Crippen LogP contribution in [0.1, 0.15) is 38.6 Å². The summed E-state index contributed by atoms with van der Waals surface area (Å²) in [4.78, 5) is 17.7. The second-order valence-corrected chi connectivity index (χ2v) is 7.85. The van der Waals surface area contributed by atoms with Crippen molar-refractivity contribution in [2.75, 3.05) is 26.3 Å². The number of hydrogen-bond donors (Lipinski definition) is 1. The number of H-pyrrole nitrogens is 1. The Balaban J connectivity index is 1.55. The van der Waals surface area contributed by atoms with Crippen molar-refractivity contribution in [3.8, 4) is 5.75 Å². The summed E-state index contributed by atoms with van der Waals surface area (Å²) in [7, 11) is 0. The molecule has 2 fully saturated rings. The minimum absolute atomic E-state index is 0.0536. The fourth-order valence-electron chi connectivity index (χ4n) is 4.45. The number of likely N-dealkylation sites (tertiary alicyclic amines) is 1. The normalized spacial score (nSPS) is 21.9. The molecule has 2 saturated heterocycles. The molecule has 0 saturated carbocycles. The number of benzene rings is 1. The Morgan fingerprint density at radius 1 is 1.21 bits per heavy atom. The molecular formula is C19H24F3N3O3. The fourth-order valence-corrected chi connectivity index (χ4v) is 4.45. The SMILES string of the molecule is CC1(N2CCC(n3c(=O)[nH]c4ccc(OC(F)(F)F)cc43)CC2)CCOCC1. The third-order valence-electron chi connectivity index (χ3n) is 6.09. The number of aromatic nitrogens is 2. The maximum Gasteiger partial charge on any atom is 0.573 e. The lowest BCUT2D eigenvalue weighted by atomic mass is 9.87. The van der Waals surface area contributed by atoms with E-state index in [1.807, 2.05) is 0 Å². The van der Waals surface area contributed by atoms with Crippen LogP contribution in [-0.2, 0) is 4.74 Å². The van der Waals surface area contributed by atoms with Gasteiger partial charge in [0, 0.05) is 44.0 Å². The lowest BCUT2D eigenvalue weighted by Crippen LogP contribution is -2.53. The van der Waals surface area contributed by atoms with Crippen LogP contribution in [0.3, 0.4) is 0 Å². The molecule has 2 aliphatic rings. The van der Waals surface area contributed by atoms with Crippen molar-refractivity contribution in [2.24, 2.45) is 0 Å². The van der Waals surface area contributed by atoms with Crippen molar-refractivity contribution in [3.63, 3.8) is 0 Å². The zero-order chi connectivity index (χ0) is 19.9. The van der Waals surface area contributed by atoms with Gasteiger partial charge in [0.2, 0.25) is 0 Å². The van der Waals surface area contributed by atoms with E-state index in [1.54, 1.807) is 4.57 Å². The molecule has 3 heterocycles. The number of nitrogens with one attached hydrogen (secondary N) is 1. The maximum absolute atomic E-state index is 12.5. The number of halogens is 3. The van der Waals surface area contributed by atoms with Crippen LogP contribution >= 0.6 is 0 Å². The molecule has 4 rings (SSSR count). The molecule has 9 heteroatoms. The average Bonchev–Trinajstić information content (AvgIpc) is 2.96. The van der Waals surface area contributed by atoms with E-state index in [2.05, 4.69) is 21.5 Å². The third kappa shape index (κ3) is 3.77. The number of aromatic amines is 1. The van der Waals surface area contributed by atoms with Crippen molar-refractivity contribution in [2.45, 2.75) is 50.6 Å². The van der Waals surface area contributed by atoms with Crippen molar-refractivity contribution in [3.05, 3.63) is 28.7 Å². The van der Waals surface area contributed by atoms with E-state index in [0.29, 0.717) is 11.0 Å². The van der Waals surface area contributed by atoms with Gasteiger partial charge in [0.25, 0.3) is 0 Å². The number of ether oxygens (including phenoxy) is 2. The van der Waals surface area contributed by atoms with Gasteiger partial charge in [-0.2, -0.15) is 0 Å². The van der Waals surface area contributed by atoms with Crippen LogP contribution in [0.25, 0.3) is 11.0 Å². The predicted molar refractivity (Wildman–Crippen MR) is 97.5 cm³/mol. The van der Waals surface area contributed by atoms with E-state index in [4.69, 9.17) is 4.74 Å². The van der Waals surface area contributed by atoms with Crippen LogP contribution in [0.15, 0.2) is 23.0 Å². The van der Waals surface area contributed by atoms with Crippen molar-refractivity contribution in [1.29, 1.82) is 0 Å². The Morgan fingerprint density at radius 2 is 1.89 bits per heavy atom. The molecule has 0 atom stereocenters. The highest BCUT2D eigenvalue weighted by Crippen LogP contribution is 2.34. The first-order valence-corrected chi connectivity index (χ1v) is 9.58. The molecule has 0 bridgehead atoms. The highest BCUT2D eigenvalue weighted by Gasteiger charge is 2.37. The number of fused-ring (bicyclic) bond motifs is 1. The van der Waals surface area contributed by atoms with Crippen LogP contribution in [-0.4, -0.2) is 52.7 Å². The average molecular weight is 399 g/mol. The topological polar surface area (TPSA) is 59.5 Å². The summed E-state index contributed by atoms with van der Waals surface area (Å²) in [5.74, 6) is -0.320. The first-order chi connectivity index (χ1) is 13.3. The van der Waals surface area contributed by atoms with Gasteiger partial charge in [-0.25, -0.2) is 4.79 Å². The van der Waals surface area contributed by atoms with Crippen molar-refractivity contribution < 1.29 is 22.6 Å². The molecule has 0 aliphatic carbocycles. The minimum atomic E-state index is -4.76. The number of alkyl halides is 3. The molecule has 2 aliphatic heterocycles. The Kier molecular flexibility index (Phi) is 4.91. The van der Waals surface area contributed by atoms with E-state index >= 15 is 0 Å². The summed E-state index contributed by atoms with van der Waals surface area (Å²) in [5.41, 5.74) is 0.776. The van der Waals surface area contributed by atoms with Gasteiger partial charge in [-0.05, 0) is 44.7 Å². The molecule has 6 nitrogen and oxygen atoms in total. The molecule has 1 aromatic heterocycles. The second-order valence-electron chi connectivity index (χ2n) is 7.85. The van der Waals surface area contributed by atoms with Crippen LogP contribution < -0.4 is 10.4 Å². The summed E-state index contributed by atoms with van der Waals surface area (Å²) in [6, 6.07) is 3.89. The van der Waals surface area contributed by atoms with Gasteiger partial charge in [-0.15, -0.1) is 13.2 Å². The second kappa shape index (κ2) is 7.11. The molecule has 1 aromatic carbocycles. The van der Waals surface area contributed by atoms with Gasteiger partial charge in [-0.3, -0.25) is 9.47 Å². The first-order valence-electron chi connectivity index (χ1n) is 9.58. The lowest BCUT2D eigenvalue weighted by Gasteiger charge is -2.47. The van der Waals surface area contributed by atoms with Crippen LogP contribution in [0.2, 0.25) is 0 Å². The summed E-state index contributed by atoms with van der Waals surface area (Å²) >= 11 is 0. The molecule has 2 aromatic rings. The van der Waals surface area contributed by atoms with Gasteiger partial charge in [-0.1, -0.05) is 0 Å². The fraction of sp³-hybridized carbons (Fsp3) is 0.632. The lowest BCUT2D eigenvalue weighted by molar-refractivity contribution is -0.274. The summed E-state index contributed by atoms with van der Waals surface area (Å²) < 4.78 is 48.7. The van der Waals surface area contributed by atoms with E-state index in [-0.39, 0.29) is 23.0 Å². The predicted octanol–water partition coefficient (Wildman–Crippen LogP) is 3.43. The number of rotatable bonds is 3. The van der Waals surface area contributed by atoms with Gasteiger partial charge >= 0.3 is 12.1 Å². The number of nitrogens with zero attached hydrogens (tertiary/aromatic N) is 2. The van der Waals surface area contributed by atoms with Gasteiger partial charge in [0.05, 0.1) is 11.0 Å². The molecule has 0 amide bonds. The standard InChI is InChI=1S/C19H24F3N3O3/c1-18(6-10-27-11-7-18)24-8-4-13(5-9-24)25-16-12-14(28-19(20,21)22)2-3-15(16)23-17(25)26/h2-3,12-13H,4-11H2,1H3,(H,23,26). The smallest absolute Gasteiger partial charge is 0.406 e. The summed E-state index contributed by atoms with van der Waals surface area (Å²) in [6.45, 7) is 5.48. The molecule has 0 spiro atoms. The molecule has 28 heavy (non-hydrogen) atoms. The Morgan fingerprint density at radius 3 is 2.54 bits per heavy atom. The van der Waals surface area contributed by atoms with Gasteiger partial charge in [0.15, 0.2) is 0 Å². The quantitative estimate of drug-likeness (QED) is 0.859. The van der Waals surface area contributed by atoms with Gasteiger partial charge in [0.1, 0.15) is 5.75 Å². The zero-order valence-corrected chi connectivity index (χ0v) is 15.7. The first kappa shape index (κ1) is 19.3.